The molecule has 1 heterocycles. The molecule has 2 aromatic rings. The lowest BCUT2D eigenvalue weighted by atomic mass is 9.87. The molecule has 2 rings (SSSR count). The van der Waals surface area contributed by atoms with Gasteiger partial charge in [0.25, 0.3) is 5.17 Å². The molecule has 1 aromatic heterocycles. The fraction of sp³-hybridized carbons (Fsp3) is 0.333. The molecule has 0 unspecified atom stereocenters. The molecule has 0 aliphatic heterocycles. The van der Waals surface area contributed by atoms with E-state index in [1.165, 1.54) is 5.56 Å². The molecule has 0 bridgehead atoms. The van der Waals surface area contributed by atoms with Gasteiger partial charge in [-0.3, -0.25) is 0 Å². The van der Waals surface area contributed by atoms with Crippen molar-refractivity contribution >= 4 is 17.4 Å². The van der Waals surface area contributed by atoms with Crippen molar-refractivity contribution in [3.63, 3.8) is 0 Å². The van der Waals surface area contributed by atoms with Gasteiger partial charge in [0.2, 0.25) is 5.88 Å². The molecule has 1 aromatic carbocycles. The molecule has 0 aliphatic rings. The highest BCUT2D eigenvalue weighted by molar-refractivity contribution is 7.80. The van der Waals surface area contributed by atoms with E-state index in [4.69, 9.17) is 21.7 Å². The van der Waals surface area contributed by atoms with Crippen LogP contribution in [0, 0.1) is 0 Å². The number of aromatic nitrogens is 1. The molecule has 4 nitrogen and oxygen atoms in total. The van der Waals surface area contributed by atoms with E-state index in [1.807, 2.05) is 30.3 Å². The molecule has 0 saturated heterocycles. The first-order chi connectivity index (χ1) is 10.9. The Morgan fingerprint density at radius 1 is 1.17 bits per heavy atom. The second-order valence-corrected chi connectivity index (χ2v) is 6.56. The molecule has 0 fully saturated rings. The lowest BCUT2D eigenvalue weighted by Gasteiger charge is -2.19. The zero-order valence-corrected chi connectivity index (χ0v) is 14.7. The molecule has 0 radical (unpaired) electrons. The number of thiocarbonyl (C=S) groups is 1. The molecular formula is C18H22N2O2S. The first-order valence-corrected chi connectivity index (χ1v) is 7.85. The number of hydrogen-bond acceptors (Lipinski definition) is 4. The summed E-state index contributed by atoms with van der Waals surface area (Å²) in [4.78, 5) is 4.32. The Kier molecular flexibility index (Phi) is 5.55. The number of rotatable bonds is 4. The molecule has 0 amide bonds. The number of nitrogens with one attached hydrogen (secondary N) is 1. The summed E-state index contributed by atoms with van der Waals surface area (Å²) in [6.07, 6.45) is 0. The van der Waals surface area contributed by atoms with Gasteiger partial charge in [0.1, 0.15) is 5.75 Å². The smallest absolute Gasteiger partial charge is 0.262 e. The summed E-state index contributed by atoms with van der Waals surface area (Å²) in [6, 6.07) is 13.6. The van der Waals surface area contributed by atoms with Gasteiger partial charge in [-0.05, 0) is 41.4 Å². The van der Waals surface area contributed by atoms with Gasteiger partial charge < -0.3 is 14.8 Å². The van der Waals surface area contributed by atoms with Crippen LogP contribution in [0.5, 0.6) is 11.6 Å². The number of benzene rings is 1. The van der Waals surface area contributed by atoms with E-state index in [-0.39, 0.29) is 5.41 Å². The van der Waals surface area contributed by atoms with Gasteiger partial charge >= 0.3 is 0 Å². The maximum absolute atomic E-state index is 5.69. The minimum absolute atomic E-state index is 0.0684. The molecule has 0 spiro atoms. The van der Waals surface area contributed by atoms with Crippen molar-refractivity contribution in [3.8, 4) is 11.6 Å². The molecule has 122 valence electrons. The molecule has 0 atom stereocenters. The summed E-state index contributed by atoms with van der Waals surface area (Å²) >= 11 is 5.24. The van der Waals surface area contributed by atoms with Crippen molar-refractivity contribution in [1.29, 1.82) is 0 Å². The maximum Gasteiger partial charge on any atom is 0.262 e. The average molecular weight is 330 g/mol. The minimum Gasteiger partial charge on any atom is -0.481 e. The Hall–Kier alpha value is -2.14. The number of pyridine rings is 1. The predicted octanol–water partition coefficient (Wildman–Crippen LogP) is 3.84. The minimum atomic E-state index is 0.0684. The topological polar surface area (TPSA) is 43.4 Å². The van der Waals surface area contributed by atoms with Crippen LogP contribution in [-0.4, -0.2) is 17.3 Å². The molecule has 0 aliphatic carbocycles. The number of ether oxygens (including phenoxy) is 2. The standard InChI is InChI=1S/C18H22N2O2S/c1-18(2,3)13-7-5-9-15(11-13)22-17(23)19-12-14-8-6-10-16(20-14)21-4/h5-11H,12H2,1-4H3,(H,19,23). The third kappa shape index (κ3) is 5.21. The SMILES string of the molecule is COc1cccc(CNC(=S)Oc2cccc(C(C)(C)C)c2)n1. The van der Waals surface area contributed by atoms with Crippen LogP contribution >= 0.6 is 12.2 Å². The van der Waals surface area contributed by atoms with Crippen LogP contribution in [0.2, 0.25) is 0 Å². The fourth-order valence-corrected chi connectivity index (χ4v) is 2.17. The molecule has 0 saturated carbocycles. The van der Waals surface area contributed by atoms with E-state index >= 15 is 0 Å². The molecule has 23 heavy (non-hydrogen) atoms. The average Bonchev–Trinajstić information content (AvgIpc) is 2.52. The highest BCUT2D eigenvalue weighted by Crippen LogP contribution is 2.25. The fourth-order valence-electron chi connectivity index (χ4n) is 2.00. The maximum atomic E-state index is 5.69. The van der Waals surface area contributed by atoms with Crippen molar-refractivity contribution in [1.82, 2.24) is 10.3 Å². The first-order valence-electron chi connectivity index (χ1n) is 7.44. The van der Waals surface area contributed by atoms with Gasteiger partial charge in [-0.1, -0.05) is 39.0 Å². The van der Waals surface area contributed by atoms with Crippen LogP contribution in [0.4, 0.5) is 0 Å². The van der Waals surface area contributed by atoms with E-state index in [2.05, 4.69) is 37.1 Å². The second-order valence-electron chi connectivity index (χ2n) is 6.19. The molecule has 5 heteroatoms. The third-order valence-corrected chi connectivity index (χ3v) is 3.54. The van der Waals surface area contributed by atoms with E-state index in [9.17, 15) is 0 Å². The largest absolute Gasteiger partial charge is 0.481 e. The number of hydrogen-bond donors (Lipinski definition) is 1. The lowest BCUT2D eigenvalue weighted by Crippen LogP contribution is -2.26. The van der Waals surface area contributed by atoms with E-state index < -0.39 is 0 Å². The summed E-state index contributed by atoms with van der Waals surface area (Å²) in [7, 11) is 1.59. The summed E-state index contributed by atoms with van der Waals surface area (Å²) in [5, 5.41) is 3.37. The number of methoxy groups -OCH3 is 1. The number of nitrogens with zero attached hydrogens (tertiary/aromatic N) is 1. The Balaban J connectivity index is 1.94. The van der Waals surface area contributed by atoms with Crippen molar-refractivity contribution in [2.45, 2.75) is 32.7 Å². The van der Waals surface area contributed by atoms with Gasteiger partial charge in [-0.15, -0.1) is 0 Å². The van der Waals surface area contributed by atoms with Crippen LogP contribution in [0.1, 0.15) is 32.0 Å². The first kappa shape index (κ1) is 17.2. The highest BCUT2D eigenvalue weighted by atomic mass is 32.1. The van der Waals surface area contributed by atoms with Crippen LogP contribution < -0.4 is 14.8 Å². The summed E-state index contributed by atoms with van der Waals surface area (Å²) in [6.45, 7) is 6.97. The van der Waals surface area contributed by atoms with Gasteiger partial charge in [-0.25, -0.2) is 4.98 Å². The van der Waals surface area contributed by atoms with Crippen molar-refractivity contribution in [2.75, 3.05) is 7.11 Å². The Morgan fingerprint density at radius 3 is 2.61 bits per heavy atom. The van der Waals surface area contributed by atoms with Crippen LogP contribution in [0.15, 0.2) is 42.5 Å². The molecular weight excluding hydrogens is 308 g/mol. The van der Waals surface area contributed by atoms with Crippen molar-refractivity contribution in [2.24, 2.45) is 0 Å². The Morgan fingerprint density at radius 2 is 1.91 bits per heavy atom. The summed E-state index contributed by atoms with van der Waals surface area (Å²) < 4.78 is 10.8. The van der Waals surface area contributed by atoms with E-state index in [0.29, 0.717) is 17.6 Å². The Bertz CT molecular complexity index is 681. The third-order valence-electron chi connectivity index (χ3n) is 3.31. The zero-order chi connectivity index (χ0) is 16.9. The quantitative estimate of drug-likeness (QED) is 0.863. The van der Waals surface area contributed by atoms with Gasteiger partial charge in [0, 0.05) is 6.07 Å². The van der Waals surface area contributed by atoms with Crippen molar-refractivity contribution in [3.05, 3.63) is 53.7 Å². The normalized spacial score (nSPS) is 11.0. The van der Waals surface area contributed by atoms with E-state index in [0.717, 1.165) is 11.4 Å². The zero-order valence-electron chi connectivity index (χ0n) is 13.9. The van der Waals surface area contributed by atoms with Gasteiger partial charge in [-0.2, -0.15) is 0 Å². The summed E-state index contributed by atoms with van der Waals surface area (Å²) in [5.41, 5.74) is 2.10. The van der Waals surface area contributed by atoms with Crippen LogP contribution in [0.3, 0.4) is 0 Å². The Labute approximate surface area is 142 Å². The highest BCUT2D eigenvalue weighted by Gasteiger charge is 2.14. The van der Waals surface area contributed by atoms with E-state index in [1.54, 1.807) is 13.2 Å². The van der Waals surface area contributed by atoms with Crippen molar-refractivity contribution < 1.29 is 9.47 Å². The second kappa shape index (κ2) is 7.42. The van der Waals surface area contributed by atoms with Crippen LogP contribution in [0.25, 0.3) is 0 Å². The van der Waals surface area contributed by atoms with Gasteiger partial charge in [0.05, 0.1) is 19.3 Å². The van der Waals surface area contributed by atoms with Gasteiger partial charge in [0.15, 0.2) is 0 Å². The lowest BCUT2D eigenvalue weighted by molar-refractivity contribution is 0.396. The monoisotopic (exact) mass is 330 g/mol. The van der Waals surface area contributed by atoms with Crippen LogP contribution in [-0.2, 0) is 12.0 Å². The predicted molar refractivity (Wildman–Crippen MR) is 96.0 cm³/mol. The summed E-state index contributed by atoms with van der Waals surface area (Å²) in [5.74, 6) is 1.31. The molecule has 1 N–H and O–H groups in total.